The van der Waals surface area contributed by atoms with E-state index < -0.39 is 0 Å². The molecule has 26 heavy (non-hydrogen) atoms. The fourth-order valence-corrected chi connectivity index (χ4v) is 3.71. The summed E-state index contributed by atoms with van der Waals surface area (Å²) in [7, 11) is 0. The Morgan fingerprint density at radius 1 is 1.08 bits per heavy atom. The van der Waals surface area contributed by atoms with Gasteiger partial charge in [-0.05, 0) is 53.7 Å². The second-order valence-electron chi connectivity index (χ2n) is 6.83. The Balaban J connectivity index is 1.49. The number of phenolic OH excluding ortho intramolecular Hbond substituents is 1. The van der Waals surface area contributed by atoms with Crippen molar-refractivity contribution in [1.29, 1.82) is 0 Å². The fraction of sp³-hybridized carbons (Fsp3) is 0.273. The molecule has 1 heterocycles. The number of hydrogen-bond acceptors (Lipinski definition) is 3. The maximum atomic E-state index is 13.2. The molecule has 1 fully saturated rings. The average molecular weight is 351 g/mol. The molecule has 0 aromatic heterocycles. The Labute approximate surface area is 152 Å². The zero-order valence-electron chi connectivity index (χ0n) is 14.5. The van der Waals surface area contributed by atoms with Crippen molar-refractivity contribution >= 4 is 10.8 Å². The molecule has 1 saturated heterocycles. The third kappa shape index (κ3) is 3.57. The van der Waals surface area contributed by atoms with Crippen molar-refractivity contribution in [3.05, 3.63) is 77.6 Å². The molecule has 4 rings (SSSR count). The summed E-state index contributed by atoms with van der Waals surface area (Å²) in [6, 6.07) is 18.3. The normalized spacial score (nSPS) is 20.3. The molecular formula is C22H22FNO2. The summed E-state index contributed by atoms with van der Waals surface area (Å²) in [5, 5.41) is 15.1. The molecule has 2 N–H and O–H groups in total. The molecule has 1 aliphatic heterocycles. The minimum Gasteiger partial charge on any atom is -0.507 e. The molecule has 2 atom stereocenters. The Morgan fingerprint density at radius 2 is 1.92 bits per heavy atom. The second kappa shape index (κ2) is 7.44. The third-order valence-electron chi connectivity index (χ3n) is 5.11. The number of fused-ring (bicyclic) bond motifs is 1. The predicted octanol–water partition coefficient (Wildman–Crippen LogP) is 4.35. The van der Waals surface area contributed by atoms with Crippen LogP contribution < -0.4 is 5.32 Å². The summed E-state index contributed by atoms with van der Waals surface area (Å²) in [6.45, 7) is 2.24. The lowest BCUT2D eigenvalue weighted by atomic mass is 9.88. The Hall–Kier alpha value is -2.43. The average Bonchev–Trinajstić information content (AvgIpc) is 2.67. The molecule has 4 heteroatoms. The molecule has 3 aromatic carbocycles. The van der Waals surface area contributed by atoms with Gasteiger partial charge in [-0.2, -0.15) is 0 Å². The summed E-state index contributed by atoms with van der Waals surface area (Å²) in [6.07, 6.45) is 1.02. The first kappa shape index (κ1) is 17.0. The number of rotatable bonds is 4. The summed E-state index contributed by atoms with van der Waals surface area (Å²) < 4.78 is 19.4. The van der Waals surface area contributed by atoms with Crippen LogP contribution in [0.5, 0.6) is 5.75 Å². The maximum absolute atomic E-state index is 13.2. The number of nitrogens with one attached hydrogen (secondary N) is 1. The minimum absolute atomic E-state index is 0.0501. The van der Waals surface area contributed by atoms with E-state index in [0.29, 0.717) is 12.4 Å². The first-order chi connectivity index (χ1) is 12.7. The van der Waals surface area contributed by atoms with Gasteiger partial charge >= 0.3 is 0 Å². The highest BCUT2D eigenvalue weighted by molar-refractivity contribution is 5.88. The lowest BCUT2D eigenvalue weighted by Crippen LogP contribution is -2.40. The maximum Gasteiger partial charge on any atom is 0.123 e. The summed E-state index contributed by atoms with van der Waals surface area (Å²) >= 11 is 0. The summed E-state index contributed by atoms with van der Waals surface area (Å²) in [5.41, 5.74) is 2.20. The largest absolute Gasteiger partial charge is 0.507 e. The number of aromatic hydroxyl groups is 1. The van der Waals surface area contributed by atoms with E-state index in [1.165, 1.54) is 12.1 Å². The van der Waals surface area contributed by atoms with E-state index in [0.717, 1.165) is 41.4 Å². The molecule has 0 spiro atoms. The standard InChI is InChI=1S/C22H22FNO2/c23-18-7-5-16(6-8-18)20-10-11-24-13-22(20)26-14-15-4-9-19-17(12-15)2-1-3-21(19)25/h1-9,12,20,22,24-25H,10-11,13-14H2. The number of benzene rings is 3. The molecule has 1 aliphatic rings. The van der Waals surface area contributed by atoms with Gasteiger partial charge in [0.2, 0.25) is 0 Å². The van der Waals surface area contributed by atoms with E-state index in [2.05, 4.69) is 11.4 Å². The first-order valence-electron chi connectivity index (χ1n) is 8.99. The van der Waals surface area contributed by atoms with Crippen LogP contribution in [0, 0.1) is 5.82 Å². The molecule has 0 radical (unpaired) electrons. The number of piperidine rings is 1. The lowest BCUT2D eigenvalue weighted by molar-refractivity contribution is 0.0106. The van der Waals surface area contributed by atoms with Crippen molar-refractivity contribution < 1.29 is 14.2 Å². The fourth-order valence-electron chi connectivity index (χ4n) is 3.71. The van der Waals surface area contributed by atoms with Gasteiger partial charge in [-0.15, -0.1) is 0 Å². The number of ether oxygens (including phenoxy) is 1. The summed E-state index contributed by atoms with van der Waals surface area (Å²) in [5.74, 6) is 0.351. The van der Waals surface area contributed by atoms with Gasteiger partial charge < -0.3 is 15.2 Å². The van der Waals surface area contributed by atoms with E-state index in [9.17, 15) is 9.50 Å². The predicted molar refractivity (Wildman–Crippen MR) is 101 cm³/mol. The second-order valence-corrected chi connectivity index (χ2v) is 6.83. The van der Waals surface area contributed by atoms with Crippen LogP contribution in [-0.4, -0.2) is 24.3 Å². The monoisotopic (exact) mass is 351 g/mol. The number of halogens is 1. The molecule has 0 amide bonds. The van der Waals surface area contributed by atoms with Crippen molar-refractivity contribution in [1.82, 2.24) is 5.32 Å². The highest BCUT2D eigenvalue weighted by atomic mass is 19.1. The van der Waals surface area contributed by atoms with Gasteiger partial charge in [-0.25, -0.2) is 4.39 Å². The van der Waals surface area contributed by atoms with Gasteiger partial charge in [0.05, 0.1) is 12.7 Å². The third-order valence-corrected chi connectivity index (χ3v) is 5.11. The van der Waals surface area contributed by atoms with Gasteiger partial charge in [0.25, 0.3) is 0 Å². The van der Waals surface area contributed by atoms with Gasteiger partial charge in [0.1, 0.15) is 11.6 Å². The van der Waals surface area contributed by atoms with Gasteiger partial charge in [0.15, 0.2) is 0 Å². The molecule has 134 valence electrons. The van der Waals surface area contributed by atoms with E-state index >= 15 is 0 Å². The Morgan fingerprint density at radius 3 is 2.77 bits per heavy atom. The zero-order chi connectivity index (χ0) is 17.9. The minimum atomic E-state index is -0.209. The number of hydrogen-bond donors (Lipinski definition) is 2. The Kier molecular flexibility index (Phi) is 4.87. The molecular weight excluding hydrogens is 329 g/mol. The number of phenols is 1. The highest BCUT2D eigenvalue weighted by Crippen LogP contribution is 2.29. The van der Waals surface area contributed by atoms with E-state index in [4.69, 9.17) is 4.74 Å². The van der Waals surface area contributed by atoms with Crippen LogP contribution in [0.3, 0.4) is 0 Å². The van der Waals surface area contributed by atoms with E-state index in [1.807, 2.05) is 36.4 Å². The molecule has 0 saturated carbocycles. The van der Waals surface area contributed by atoms with Gasteiger partial charge in [0, 0.05) is 17.8 Å². The van der Waals surface area contributed by atoms with Gasteiger partial charge in [-0.3, -0.25) is 0 Å². The first-order valence-corrected chi connectivity index (χ1v) is 8.99. The van der Waals surface area contributed by atoms with Crippen LogP contribution >= 0.6 is 0 Å². The van der Waals surface area contributed by atoms with Crippen LogP contribution in [0.4, 0.5) is 4.39 Å². The van der Waals surface area contributed by atoms with Crippen molar-refractivity contribution in [3.63, 3.8) is 0 Å². The van der Waals surface area contributed by atoms with E-state index in [-0.39, 0.29) is 17.8 Å². The molecule has 3 nitrogen and oxygen atoms in total. The van der Waals surface area contributed by atoms with Crippen LogP contribution in [-0.2, 0) is 11.3 Å². The molecule has 3 aromatic rings. The van der Waals surface area contributed by atoms with Crippen LogP contribution in [0.2, 0.25) is 0 Å². The topological polar surface area (TPSA) is 41.5 Å². The van der Waals surface area contributed by atoms with Crippen LogP contribution in [0.25, 0.3) is 10.8 Å². The van der Waals surface area contributed by atoms with Crippen molar-refractivity contribution in [3.8, 4) is 5.75 Å². The SMILES string of the molecule is Oc1cccc2cc(COC3CNCCC3c3ccc(F)cc3)ccc12. The summed E-state index contributed by atoms with van der Waals surface area (Å²) in [4.78, 5) is 0. The lowest BCUT2D eigenvalue weighted by Gasteiger charge is -2.32. The quantitative estimate of drug-likeness (QED) is 0.734. The smallest absolute Gasteiger partial charge is 0.123 e. The molecule has 2 unspecified atom stereocenters. The van der Waals surface area contributed by atoms with Crippen molar-refractivity contribution in [2.45, 2.75) is 25.0 Å². The van der Waals surface area contributed by atoms with Crippen LogP contribution in [0.15, 0.2) is 60.7 Å². The van der Waals surface area contributed by atoms with Crippen LogP contribution in [0.1, 0.15) is 23.5 Å². The van der Waals surface area contributed by atoms with Crippen molar-refractivity contribution in [2.75, 3.05) is 13.1 Å². The Bertz CT molecular complexity index is 894. The van der Waals surface area contributed by atoms with E-state index in [1.54, 1.807) is 6.07 Å². The van der Waals surface area contributed by atoms with Crippen molar-refractivity contribution in [2.24, 2.45) is 0 Å². The zero-order valence-corrected chi connectivity index (χ0v) is 14.5. The molecule has 0 bridgehead atoms. The molecule has 0 aliphatic carbocycles. The highest BCUT2D eigenvalue weighted by Gasteiger charge is 2.27. The van der Waals surface area contributed by atoms with Gasteiger partial charge in [-0.1, -0.05) is 36.4 Å².